The zero-order valence-corrected chi connectivity index (χ0v) is 13.5. The van der Waals surface area contributed by atoms with Crippen molar-refractivity contribution in [3.63, 3.8) is 0 Å². The molecule has 2 amide bonds. The van der Waals surface area contributed by atoms with Crippen molar-refractivity contribution in [1.82, 2.24) is 15.1 Å². The Morgan fingerprint density at radius 2 is 1.90 bits per heavy atom. The van der Waals surface area contributed by atoms with E-state index >= 15 is 0 Å². The second-order valence-corrected chi connectivity index (χ2v) is 5.66. The summed E-state index contributed by atoms with van der Waals surface area (Å²) in [7, 11) is 1.86. The molecule has 0 aliphatic rings. The van der Waals surface area contributed by atoms with Gasteiger partial charge in [0.15, 0.2) is 0 Å². The number of urea groups is 1. The molecular weight excluding hydrogens is 311 g/mol. The van der Waals surface area contributed by atoms with Crippen LogP contribution in [0.1, 0.15) is 24.2 Å². The van der Waals surface area contributed by atoms with Crippen LogP contribution < -0.4 is 10.6 Å². The number of nitrogens with zero attached hydrogens (tertiary/aromatic N) is 2. The number of aromatic nitrogens is 2. The molecule has 0 aliphatic carbocycles. The standard InChI is InChI=1S/C14H16Cl2N4O/c1-8(13-7-17-20(3)9(13)2)18-14(21)19-12-5-10(15)4-11(16)6-12/h4-8H,1-3H3,(H2,18,19,21). The third-order valence-electron chi connectivity index (χ3n) is 3.21. The van der Waals surface area contributed by atoms with Crippen molar-refractivity contribution in [2.24, 2.45) is 7.05 Å². The molecule has 1 atom stereocenters. The Morgan fingerprint density at radius 1 is 1.29 bits per heavy atom. The van der Waals surface area contributed by atoms with Gasteiger partial charge in [0.1, 0.15) is 0 Å². The maximum absolute atomic E-state index is 12.0. The largest absolute Gasteiger partial charge is 0.331 e. The number of benzene rings is 1. The number of nitrogens with one attached hydrogen (secondary N) is 2. The maximum Gasteiger partial charge on any atom is 0.319 e. The first kappa shape index (κ1) is 15.7. The highest BCUT2D eigenvalue weighted by Crippen LogP contribution is 2.22. The summed E-state index contributed by atoms with van der Waals surface area (Å²) < 4.78 is 1.77. The van der Waals surface area contributed by atoms with Gasteiger partial charge in [-0.3, -0.25) is 4.68 Å². The molecule has 1 heterocycles. The number of anilines is 1. The van der Waals surface area contributed by atoms with Crippen LogP contribution in [-0.2, 0) is 7.05 Å². The molecule has 5 nitrogen and oxygen atoms in total. The van der Waals surface area contributed by atoms with Crippen LogP contribution in [0.5, 0.6) is 0 Å². The summed E-state index contributed by atoms with van der Waals surface area (Å²) in [6, 6.07) is 4.38. The first-order valence-electron chi connectivity index (χ1n) is 6.39. The van der Waals surface area contributed by atoms with Crippen molar-refractivity contribution in [3.8, 4) is 0 Å². The first-order valence-corrected chi connectivity index (χ1v) is 7.14. The fraction of sp³-hybridized carbons (Fsp3) is 0.286. The number of aryl methyl sites for hydroxylation is 1. The van der Waals surface area contributed by atoms with Gasteiger partial charge in [0.05, 0.1) is 12.2 Å². The predicted molar refractivity (Wildman–Crippen MR) is 85.0 cm³/mol. The van der Waals surface area contributed by atoms with Gasteiger partial charge in [-0.1, -0.05) is 23.2 Å². The minimum Gasteiger partial charge on any atom is -0.331 e. The number of hydrogen-bond donors (Lipinski definition) is 2. The summed E-state index contributed by atoms with van der Waals surface area (Å²) >= 11 is 11.8. The first-order chi connectivity index (χ1) is 9.86. The van der Waals surface area contributed by atoms with E-state index in [1.54, 1.807) is 29.1 Å². The lowest BCUT2D eigenvalue weighted by molar-refractivity contribution is 0.249. The number of halogens is 2. The fourth-order valence-corrected chi connectivity index (χ4v) is 2.53. The molecule has 112 valence electrons. The van der Waals surface area contributed by atoms with Crippen LogP contribution in [0.3, 0.4) is 0 Å². The number of carbonyl (C=O) groups excluding carboxylic acids is 1. The molecule has 0 bridgehead atoms. The van der Waals surface area contributed by atoms with Crippen molar-refractivity contribution >= 4 is 34.9 Å². The van der Waals surface area contributed by atoms with E-state index < -0.39 is 0 Å². The Morgan fingerprint density at radius 3 is 2.43 bits per heavy atom. The predicted octanol–water partition coefficient (Wildman–Crippen LogP) is 3.92. The van der Waals surface area contributed by atoms with Gasteiger partial charge in [-0.05, 0) is 32.0 Å². The molecule has 2 N–H and O–H groups in total. The van der Waals surface area contributed by atoms with Crippen LogP contribution in [0.15, 0.2) is 24.4 Å². The summed E-state index contributed by atoms with van der Waals surface area (Å²) in [6.07, 6.45) is 1.75. The molecule has 2 aromatic rings. The molecule has 0 saturated carbocycles. The third kappa shape index (κ3) is 3.89. The Labute approximate surface area is 133 Å². The van der Waals surface area contributed by atoms with Crippen molar-refractivity contribution in [3.05, 3.63) is 45.7 Å². The lowest BCUT2D eigenvalue weighted by Gasteiger charge is -2.15. The molecule has 0 aliphatic heterocycles. The van der Waals surface area contributed by atoms with Crippen molar-refractivity contribution in [2.45, 2.75) is 19.9 Å². The molecule has 2 rings (SSSR count). The molecule has 1 aromatic heterocycles. The van der Waals surface area contributed by atoms with Gasteiger partial charge >= 0.3 is 6.03 Å². The van der Waals surface area contributed by atoms with E-state index in [0.717, 1.165) is 11.3 Å². The number of carbonyl (C=O) groups is 1. The van der Waals surface area contributed by atoms with Gasteiger partial charge in [-0.2, -0.15) is 5.10 Å². The molecule has 21 heavy (non-hydrogen) atoms. The zero-order valence-electron chi connectivity index (χ0n) is 11.9. The molecule has 0 saturated heterocycles. The van der Waals surface area contributed by atoms with Gasteiger partial charge in [0.2, 0.25) is 0 Å². The quantitative estimate of drug-likeness (QED) is 0.898. The topological polar surface area (TPSA) is 59.0 Å². The van der Waals surface area contributed by atoms with Gasteiger partial charge in [-0.15, -0.1) is 0 Å². The molecule has 0 fully saturated rings. The normalized spacial score (nSPS) is 12.0. The fourth-order valence-electron chi connectivity index (χ4n) is 2.01. The van der Waals surface area contributed by atoms with E-state index in [-0.39, 0.29) is 12.1 Å². The highest BCUT2D eigenvalue weighted by molar-refractivity contribution is 6.35. The minimum absolute atomic E-state index is 0.159. The Kier molecular flexibility index (Phi) is 4.75. The average Bonchev–Trinajstić information content (AvgIpc) is 2.68. The van der Waals surface area contributed by atoms with Crippen LogP contribution in [0, 0.1) is 6.92 Å². The van der Waals surface area contributed by atoms with Gasteiger partial charge in [0.25, 0.3) is 0 Å². The summed E-state index contributed by atoms with van der Waals surface area (Å²) in [5.41, 5.74) is 2.52. The summed E-state index contributed by atoms with van der Waals surface area (Å²) in [5, 5.41) is 10.6. The number of amides is 2. The molecule has 0 spiro atoms. The van der Waals surface area contributed by atoms with E-state index in [4.69, 9.17) is 23.2 Å². The highest BCUT2D eigenvalue weighted by Gasteiger charge is 2.14. The van der Waals surface area contributed by atoms with Crippen molar-refractivity contribution in [1.29, 1.82) is 0 Å². The van der Waals surface area contributed by atoms with E-state index in [2.05, 4.69) is 15.7 Å². The molecule has 0 radical (unpaired) electrons. The van der Waals surface area contributed by atoms with E-state index in [0.29, 0.717) is 15.7 Å². The summed E-state index contributed by atoms with van der Waals surface area (Å²) in [4.78, 5) is 12.0. The molecular formula is C14H16Cl2N4O. The SMILES string of the molecule is Cc1c(C(C)NC(=O)Nc2cc(Cl)cc(Cl)c2)cnn1C. The van der Waals surface area contributed by atoms with Gasteiger partial charge in [-0.25, -0.2) is 4.79 Å². The Bertz CT molecular complexity index is 649. The maximum atomic E-state index is 12.0. The van der Waals surface area contributed by atoms with Crippen molar-refractivity contribution in [2.75, 3.05) is 5.32 Å². The van der Waals surface area contributed by atoms with Crippen LogP contribution in [-0.4, -0.2) is 15.8 Å². The second kappa shape index (κ2) is 6.37. The van der Waals surface area contributed by atoms with Crippen LogP contribution >= 0.6 is 23.2 Å². The average molecular weight is 327 g/mol. The van der Waals surface area contributed by atoms with Gasteiger partial charge in [0, 0.05) is 34.0 Å². The Hall–Kier alpha value is -1.72. The summed E-state index contributed by atoms with van der Waals surface area (Å²) in [5.74, 6) is 0. The molecule has 1 unspecified atom stereocenters. The van der Waals surface area contributed by atoms with E-state index in [1.165, 1.54) is 0 Å². The van der Waals surface area contributed by atoms with Crippen LogP contribution in [0.4, 0.5) is 10.5 Å². The van der Waals surface area contributed by atoms with E-state index in [9.17, 15) is 4.79 Å². The van der Waals surface area contributed by atoms with E-state index in [1.807, 2.05) is 20.9 Å². The summed E-state index contributed by atoms with van der Waals surface area (Å²) in [6.45, 7) is 3.85. The smallest absolute Gasteiger partial charge is 0.319 e. The molecule has 7 heteroatoms. The minimum atomic E-state index is -0.330. The Balaban J connectivity index is 2.03. The second-order valence-electron chi connectivity index (χ2n) is 4.79. The molecule has 1 aromatic carbocycles. The number of hydrogen-bond acceptors (Lipinski definition) is 2. The zero-order chi connectivity index (χ0) is 15.6. The van der Waals surface area contributed by atoms with Crippen LogP contribution in [0.25, 0.3) is 0 Å². The third-order valence-corrected chi connectivity index (χ3v) is 3.64. The van der Waals surface area contributed by atoms with Gasteiger partial charge < -0.3 is 10.6 Å². The monoisotopic (exact) mass is 326 g/mol. The highest BCUT2D eigenvalue weighted by atomic mass is 35.5. The number of rotatable bonds is 3. The van der Waals surface area contributed by atoms with Crippen LogP contribution in [0.2, 0.25) is 10.0 Å². The van der Waals surface area contributed by atoms with Crippen molar-refractivity contribution < 1.29 is 4.79 Å². The lowest BCUT2D eigenvalue weighted by Crippen LogP contribution is -2.31. The lowest BCUT2D eigenvalue weighted by atomic mass is 10.1.